The Bertz CT molecular complexity index is 1150. The van der Waals surface area contributed by atoms with E-state index in [-0.39, 0.29) is 5.91 Å². The highest BCUT2D eigenvalue weighted by molar-refractivity contribution is 8.00. The quantitative estimate of drug-likeness (QED) is 0.311. The molecule has 6 nitrogen and oxygen atoms in total. The molecule has 168 valence electrons. The fraction of sp³-hybridized carbons (Fsp3) is 0.115. The molecule has 0 radical (unpaired) electrons. The Labute approximate surface area is 196 Å². The standard InChI is InChI=1S/C26H24N2O4S/c1-17-7-6-8-18(2)24(17)28-26(32)25(19-9-4-3-5-10-19)33-21-13-11-20(12-14-21)27-22(29)15-16-23(30)31/h3-16,25H,1-2H3,(H,27,29)(H,28,32)(H,30,31)/b16-15+. The maximum Gasteiger partial charge on any atom is 0.328 e. The Hall–Kier alpha value is -3.84. The lowest BCUT2D eigenvalue weighted by atomic mass is 10.1. The van der Waals surface area contributed by atoms with Gasteiger partial charge in [-0.2, -0.15) is 0 Å². The topological polar surface area (TPSA) is 95.5 Å². The van der Waals surface area contributed by atoms with Gasteiger partial charge in [-0.15, -0.1) is 11.8 Å². The number of benzene rings is 3. The number of hydrogen-bond donors (Lipinski definition) is 3. The van der Waals surface area contributed by atoms with Crippen LogP contribution < -0.4 is 10.6 Å². The van der Waals surface area contributed by atoms with Gasteiger partial charge >= 0.3 is 5.97 Å². The second-order valence-corrected chi connectivity index (χ2v) is 8.53. The molecule has 0 saturated heterocycles. The van der Waals surface area contributed by atoms with E-state index in [4.69, 9.17) is 5.11 Å². The number of carboxylic acid groups (broad SMARTS) is 1. The number of aryl methyl sites for hydroxylation is 2. The van der Waals surface area contributed by atoms with Crippen molar-refractivity contribution in [1.82, 2.24) is 0 Å². The summed E-state index contributed by atoms with van der Waals surface area (Å²) in [6.45, 7) is 3.93. The molecule has 2 amide bonds. The minimum Gasteiger partial charge on any atom is -0.478 e. The second kappa shape index (κ2) is 11.2. The van der Waals surface area contributed by atoms with Crippen molar-refractivity contribution in [2.24, 2.45) is 0 Å². The van der Waals surface area contributed by atoms with Crippen molar-refractivity contribution >= 4 is 40.9 Å². The number of carbonyl (C=O) groups excluding carboxylic acids is 2. The van der Waals surface area contributed by atoms with Gasteiger partial charge in [0.1, 0.15) is 5.25 Å². The molecular weight excluding hydrogens is 436 g/mol. The van der Waals surface area contributed by atoms with Crippen molar-refractivity contribution in [3.8, 4) is 0 Å². The molecule has 3 rings (SSSR count). The number of aliphatic carboxylic acids is 1. The van der Waals surface area contributed by atoms with Gasteiger partial charge in [0.25, 0.3) is 0 Å². The molecular formula is C26H24N2O4S. The van der Waals surface area contributed by atoms with E-state index < -0.39 is 17.1 Å². The maximum absolute atomic E-state index is 13.3. The number of carboxylic acids is 1. The lowest BCUT2D eigenvalue weighted by molar-refractivity contribution is -0.131. The van der Waals surface area contributed by atoms with Crippen LogP contribution in [0, 0.1) is 13.8 Å². The van der Waals surface area contributed by atoms with Crippen LogP contribution in [-0.2, 0) is 14.4 Å². The van der Waals surface area contributed by atoms with Crippen molar-refractivity contribution < 1.29 is 19.5 Å². The summed E-state index contributed by atoms with van der Waals surface area (Å²) < 4.78 is 0. The molecule has 3 N–H and O–H groups in total. The normalized spacial score (nSPS) is 11.7. The highest BCUT2D eigenvalue weighted by Gasteiger charge is 2.23. The summed E-state index contributed by atoms with van der Waals surface area (Å²) in [6, 6.07) is 22.5. The summed E-state index contributed by atoms with van der Waals surface area (Å²) in [5.41, 5.74) is 4.21. The predicted octanol–water partition coefficient (Wildman–Crippen LogP) is 5.35. The Morgan fingerprint density at radius 2 is 1.45 bits per heavy atom. The number of amides is 2. The van der Waals surface area contributed by atoms with E-state index in [0.717, 1.165) is 39.4 Å². The number of anilines is 2. The van der Waals surface area contributed by atoms with Gasteiger partial charge in [-0.3, -0.25) is 9.59 Å². The molecule has 0 spiro atoms. The van der Waals surface area contributed by atoms with E-state index in [0.29, 0.717) is 5.69 Å². The molecule has 1 unspecified atom stereocenters. The van der Waals surface area contributed by atoms with Gasteiger partial charge in [-0.05, 0) is 54.8 Å². The van der Waals surface area contributed by atoms with Gasteiger partial charge in [0.15, 0.2) is 0 Å². The number of rotatable bonds is 8. The second-order valence-electron chi connectivity index (χ2n) is 7.35. The smallest absolute Gasteiger partial charge is 0.328 e. The number of thioether (sulfide) groups is 1. The van der Waals surface area contributed by atoms with Crippen molar-refractivity contribution in [3.63, 3.8) is 0 Å². The first-order valence-electron chi connectivity index (χ1n) is 10.2. The zero-order valence-electron chi connectivity index (χ0n) is 18.2. The Morgan fingerprint density at radius 1 is 0.818 bits per heavy atom. The third-order valence-electron chi connectivity index (χ3n) is 4.82. The summed E-state index contributed by atoms with van der Waals surface area (Å²) in [7, 11) is 0. The van der Waals surface area contributed by atoms with E-state index in [2.05, 4.69) is 10.6 Å². The van der Waals surface area contributed by atoms with Crippen LogP contribution in [0.1, 0.15) is 21.9 Å². The zero-order valence-corrected chi connectivity index (χ0v) is 19.1. The first kappa shape index (κ1) is 23.8. The molecule has 0 heterocycles. The fourth-order valence-electron chi connectivity index (χ4n) is 3.18. The largest absolute Gasteiger partial charge is 0.478 e. The van der Waals surface area contributed by atoms with E-state index in [1.165, 1.54) is 11.8 Å². The van der Waals surface area contributed by atoms with Gasteiger partial charge in [0.2, 0.25) is 11.8 Å². The number of carbonyl (C=O) groups is 3. The molecule has 0 saturated carbocycles. The minimum absolute atomic E-state index is 0.125. The molecule has 0 bridgehead atoms. The molecule has 0 aromatic heterocycles. The summed E-state index contributed by atoms with van der Waals surface area (Å²) in [5.74, 6) is -1.85. The van der Waals surface area contributed by atoms with E-state index in [1.807, 2.05) is 74.5 Å². The highest BCUT2D eigenvalue weighted by atomic mass is 32.2. The third kappa shape index (κ3) is 6.82. The molecule has 0 aliphatic heterocycles. The van der Waals surface area contributed by atoms with Crippen molar-refractivity contribution in [1.29, 1.82) is 0 Å². The number of nitrogens with one attached hydrogen (secondary N) is 2. The average molecular weight is 461 g/mol. The third-order valence-corrected chi connectivity index (χ3v) is 6.09. The van der Waals surface area contributed by atoms with E-state index in [1.54, 1.807) is 12.1 Å². The Balaban J connectivity index is 1.78. The SMILES string of the molecule is Cc1cccc(C)c1NC(=O)C(Sc1ccc(NC(=O)/C=C/C(=O)O)cc1)c1ccccc1. The van der Waals surface area contributed by atoms with Crippen LogP contribution in [0.2, 0.25) is 0 Å². The summed E-state index contributed by atoms with van der Waals surface area (Å²) in [6.07, 6.45) is 1.73. The lowest BCUT2D eigenvalue weighted by Crippen LogP contribution is -2.20. The van der Waals surface area contributed by atoms with Crippen LogP contribution in [0.4, 0.5) is 11.4 Å². The van der Waals surface area contributed by atoms with Crippen LogP contribution in [0.25, 0.3) is 0 Å². The molecule has 1 atom stereocenters. The van der Waals surface area contributed by atoms with Crippen LogP contribution in [-0.4, -0.2) is 22.9 Å². The van der Waals surface area contributed by atoms with Crippen LogP contribution >= 0.6 is 11.8 Å². The maximum atomic E-state index is 13.3. The average Bonchev–Trinajstić information content (AvgIpc) is 2.80. The van der Waals surface area contributed by atoms with Crippen molar-refractivity contribution in [2.45, 2.75) is 24.0 Å². The van der Waals surface area contributed by atoms with Gasteiger partial charge in [0, 0.05) is 28.4 Å². The molecule has 7 heteroatoms. The molecule has 3 aromatic carbocycles. The monoisotopic (exact) mass is 460 g/mol. The lowest BCUT2D eigenvalue weighted by Gasteiger charge is -2.19. The Morgan fingerprint density at radius 3 is 2.06 bits per heavy atom. The van der Waals surface area contributed by atoms with E-state index >= 15 is 0 Å². The van der Waals surface area contributed by atoms with Crippen molar-refractivity contribution in [3.05, 3.63) is 102 Å². The van der Waals surface area contributed by atoms with Crippen LogP contribution in [0.15, 0.2) is 89.8 Å². The predicted molar refractivity (Wildman–Crippen MR) is 131 cm³/mol. The molecule has 3 aromatic rings. The van der Waals surface area contributed by atoms with Crippen LogP contribution in [0.5, 0.6) is 0 Å². The highest BCUT2D eigenvalue weighted by Crippen LogP contribution is 2.37. The number of para-hydroxylation sites is 1. The molecule has 33 heavy (non-hydrogen) atoms. The van der Waals surface area contributed by atoms with E-state index in [9.17, 15) is 14.4 Å². The summed E-state index contributed by atoms with van der Waals surface area (Å²) in [4.78, 5) is 36.5. The summed E-state index contributed by atoms with van der Waals surface area (Å²) in [5, 5.41) is 13.8. The van der Waals surface area contributed by atoms with Gasteiger partial charge < -0.3 is 15.7 Å². The van der Waals surface area contributed by atoms with Gasteiger partial charge in [0.05, 0.1) is 0 Å². The van der Waals surface area contributed by atoms with Crippen molar-refractivity contribution in [2.75, 3.05) is 10.6 Å². The first-order chi connectivity index (χ1) is 15.8. The Kier molecular flexibility index (Phi) is 8.05. The zero-order chi connectivity index (χ0) is 23.8. The first-order valence-corrected chi connectivity index (χ1v) is 11.1. The number of hydrogen-bond acceptors (Lipinski definition) is 4. The van der Waals surface area contributed by atoms with Crippen LogP contribution in [0.3, 0.4) is 0 Å². The minimum atomic E-state index is -1.19. The van der Waals surface area contributed by atoms with Gasteiger partial charge in [-0.25, -0.2) is 4.79 Å². The summed E-state index contributed by atoms with van der Waals surface area (Å²) >= 11 is 1.41. The molecule has 0 fully saturated rings. The van der Waals surface area contributed by atoms with Gasteiger partial charge in [-0.1, -0.05) is 48.5 Å². The molecule has 0 aliphatic rings. The molecule has 0 aliphatic carbocycles. The fourth-order valence-corrected chi connectivity index (χ4v) is 4.21.